The fourth-order valence-electron chi connectivity index (χ4n) is 6.14. The van der Waals surface area contributed by atoms with Crippen molar-refractivity contribution in [3.05, 3.63) is 60.8 Å². The van der Waals surface area contributed by atoms with Gasteiger partial charge in [0.15, 0.2) is 0 Å². The first-order valence-electron chi connectivity index (χ1n) is 21.5. The topological polar surface area (TPSA) is 69.6 Å². The lowest BCUT2D eigenvalue weighted by molar-refractivity contribution is -0.123. The highest BCUT2D eigenvalue weighted by molar-refractivity contribution is 5.76. The minimum absolute atomic E-state index is 0.0809. The summed E-state index contributed by atoms with van der Waals surface area (Å²) in [5.41, 5.74) is 0. The smallest absolute Gasteiger partial charge is 0.220 e. The molecule has 0 radical (unpaired) electrons. The van der Waals surface area contributed by atoms with E-state index >= 15 is 0 Å². The number of nitrogens with one attached hydrogen (secondary N) is 1. The third-order valence-corrected chi connectivity index (χ3v) is 9.47. The van der Waals surface area contributed by atoms with E-state index in [0.717, 1.165) is 44.9 Å². The summed E-state index contributed by atoms with van der Waals surface area (Å²) < 4.78 is 0. The normalized spacial score (nSPS) is 13.6. The Morgan fingerprint density at radius 1 is 0.480 bits per heavy atom. The van der Waals surface area contributed by atoms with Crippen molar-refractivity contribution in [1.29, 1.82) is 0 Å². The first kappa shape index (κ1) is 48.1. The van der Waals surface area contributed by atoms with E-state index in [1.54, 1.807) is 6.08 Å². The van der Waals surface area contributed by atoms with Crippen molar-refractivity contribution in [3.8, 4) is 0 Å². The summed E-state index contributed by atoms with van der Waals surface area (Å²) in [6, 6.07) is -0.642. The molecule has 0 rings (SSSR count). The van der Waals surface area contributed by atoms with Crippen LogP contribution in [0.2, 0.25) is 0 Å². The molecule has 0 saturated carbocycles. The molecular weight excluding hydrogens is 615 g/mol. The second kappa shape index (κ2) is 41.5. The van der Waals surface area contributed by atoms with Gasteiger partial charge in [-0.2, -0.15) is 0 Å². The van der Waals surface area contributed by atoms with E-state index in [1.807, 2.05) is 6.08 Å². The van der Waals surface area contributed by atoms with E-state index in [9.17, 15) is 15.0 Å². The van der Waals surface area contributed by atoms with Crippen LogP contribution in [-0.2, 0) is 4.79 Å². The van der Waals surface area contributed by atoms with Gasteiger partial charge in [0.1, 0.15) is 0 Å². The van der Waals surface area contributed by atoms with Crippen LogP contribution in [0.1, 0.15) is 206 Å². The molecule has 50 heavy (non-hydrogen) atoms. The summed E-state index contributed by atoms with van der Waals surface area (Å²) in [7, 11) is 0. The first-order valence-corrected chi connectivity index (χ1v) is 21.5. The molecule has 0 aliphatic heterocycles. The molecule has 0 aromatic carbocycles. The Morgan fingerprint density at radius 2 is 0.840 bits per heavy atom. The van der Waals surface area contributed by atoms with Crippen molar-refractivity contribution < 1.29 is 15.0 Å². The highest BCUT2D eigenvalue weighted by atomic mass is 16.3. The predicted octanol–water partition coefficient (Wildman–Crippen LogP) is 13.3. The number of carbonyl (C=O) groups excluding carboxylic acids is 1. The summed E-state index contributed by atoms with van der Waals surface area (Å²) in [6.07, 6.45) is 57.5. The molecule has 0 aliphatic carbocycles. The fourth-order valence-corrected chi connectivity index (χ4v) is 6.14. The molecular formula is C46H83NO3. The van der Waals surface area contributed by atoms with Gasteiger partial charge in [0.25, 0.3) is 0 Å². The van der Waals surface area contributed by atoms with Gasteiger partial charge in [-0.25, -0.2) is 0 Å². The van der Waals surface area contributed by atoms with E-state index in [2.05, 4.69) is 67.8 Å². The van der Waals surface area contributed by atoms with E-state index in [4.69, 9.17) is 0 Å². The zero-order chi connectivity index (χ0) is 36.4. The maximum absolute atomic E-state index is 12.4. The maximum Gasteiger partial charge on any atom is 0.220 e. The van der Waals surface area contributed by atoms with Crippen LogP contribution < -0.4 is 5.32 Å². The van der Waals surface area contributed by atoms with Crippen molar-refractivity contribution >= 4 is 5.91 Å². The number of aliphatic hydroxyl groups excluding tert-OH is 2. The van der Waals surface area contributed by atoms with Crippen molar-refractivity contribution in [3.63, 3.8) is 0 Å². The van der Waals surface area contributed by atoms with E-state index in [0.29, 0.717) is 6.42 Å². The molecule has 0 heterocycles. The third-order valence-electron chi connectivity index (χ3n) is 9.47. The molecule has 0 bridgehead atoms. The average Bonchev–Trinajstić information content (AvgIpc) is 3.12. The van der Waals surface area contributed by atoms with E-state index < -0.39 is 12.1 Å². The molecule has 0 saturated heterocycles. The van der Waals surface area contributed by atoms with Crippen LogP contribution in [0.4, 0.5) is 0 Å². The zero-order valence-electron chi connectivity index (χ0n) is 33.2. The Kier molecular flexibility index (Phi) is 39.9. The van der Waals surface area contributed by atoms with Crippen LogP contribution in [0, 0.1) is 0 Å². The number of carbonyl (C=O) groups is 1. The van der Waals surface area contributed by atoms with Crippen LogP contribution in [0.15, 0.2) is 60.8 Å². The molecule has 0 aliphatic rings. The molecule has 2 atom stereocenters. The van der Waals surface area contributed by atoms with Crippen LogP contribution in [0.25, 0.3) is 0 Å². The van der Waals surface area contributed by atoms with Crippen LogP contribution in [-0.4, -0.2) is 34.9 Å². The summed E-state index contributed by atoms with van der Waals surface area (Å²) >= 11 is 0. The molecule has 0 spiro atoms. The Hall–Kier alpha value is -1.91. The van der Waals surface area contributed by atoms with Gasteiger partial charge in [-0.3, -0.25) is 4.79 Å². The number of hydrogen-bond acceptors (Lipinski definition) is 3. The minimum atomic E-state index is -0.864. The third kappa shape index (κ3) is 37.3. The van der Waals surface area contributed by atoms with E-state index in [-0.39, 0.29) is 12.5 Å². The molecule has 0 aromatic heterocycles. The number of rotatable bonds is 38. The van der Waals surface area contributed by atoms with Gasteiger partial charge in [-0.05, 0) is 70.6 Å². The standard InChI is InChI=1S/C46H83NO3/c1-3-5-7-9-11-13-15-17-18-19-20-21-22-23-24-25-26-27-28-30-32-34-36-38-40-42-46(50)47-44(43-48)45(49)41-39-37-35-33-31-29-16-14-12-10-8-6-4-2/h15,17,19-20,22-23,31,33,39,41,44-45,48-49H,3-14,16,18,21,24-30,32,34-38,40,42-43H2,1-2H3,(H,47,50)/b17-15-,20-19-,23-22-,33-31+,41-39+. The van der Waals surface area contributed by atoms with Gasteiger partial charge < -0.3 is 15.5 Å². The first-order chi connectivity index (χ1) is 24.7. The maximum atomic E-state index is 12.4. The summed E-state index contributed by atoms with van der Waals surface area (Å²) in [4.78, 5) is 12.4. The Balaban J connectivity index is 3.61. The van der Waals surface area contributed by atoms with Crippen molar-refractivity contribution in [1.82, 2.24) is 5.32 Å². The van der Waals surface area contributed by atoms with Gasteiger partial charge in [-0.1, -0.05) is 190 Å². The summed E-state index contributed by atoms with van der Waals surface area (Å²) in [5, 5.41) is 22.9. The monoisotopic (exact) mass is 698 g/mol. The lowest BCUT2D eigenvalue weighted by Crippen LogP contribution is -2.45. The Labute approximate surface area is 311 Å². The molecule has 4 heteroatoms. The second-order valence-electron chi connectivity index (χ2n) is 14.4. The highest BCUT2D eigenvalue weighted by Gasteiger charge is 2.17. The number of amides is 1. The largest absolute Gasteiger partial charge is 0.394 e. The number of allylic oxidation sites excluding steroid dienone is 9. The van der Waals surface area contributed by atoms with Crippen molar-refractivity contribution in [2.24, 2.45) is 0 Å². The Morgan fingerprint density at radius 3 is 1.30 bits per heavy atom. The van der Waals surface area contributed by atoms with Crippen LogP contribution in [0.3, 0.4) is 0 Å². The van der Waals surface area contributed by atoms with Crippen molar-refractivity contribution in [2.75, 3.05) is 6.61 Å². The molecule has 3 N–H and O–H groups in total. The molecule has 0 fully saturated rings. The van der Waals surface area contributed by atoms with Gasteiger partial charge in [-0.15, -0.1) is 0 Å². The Bertz CT molecular complexity index is 842. The summed E-state index contributed by atoms with van der Waals surface area (Å²) in [6.45, 7) is 4.26. The lowest BCUT2D eigenvalue weighted by Gasteiger charge is -2.19. The number of unbranched alkanes of at least 4 members (excludes halogenated alkanes) is 23. The molecule has 2 unspecified atom stereocenters. The average molecular weight is 698 g/mol. The zero-order valence-corrected chi connectivity index (χ0v) is 33.2. The molecule has 1 amide bonds. The fraction of sp³-hybridized carbons (Fsp3) is 0.761. The lowest BCUT2D eigenvalue weighted by atomic mass is 10.0. The minimum Gasteiger partial charge on any atom is -0.394 e. The molecule has 4 nitrogen and oxygen atoms in total. The van der Waals surface area contributed by atoms with Gasteiger partial charge in [0.2, 0.25) is 5.91 Å². The summed E-state index contributed by atoms with van der Waals surface area (Å²) in [5.74, 6) is -0.0809. The van der Waals surface area contributed by atoms with Crippen LogP contribution >= 0.6 is 0 Å². The quantitative estimate of drug-likeness (QED) is 0.0444. The van der Waals surface area contributed by atoms with Gasteiger partial charge >= 0.3 is 0 Å². The number of hydrogen-bond donors (Lipinski definition) is 3. The van der Waals surface area contributed by atoms with Gasteiger partial charge in [0.05, 0.1) is 18.8 Å². The van der Waals surface area contributed by atoms with Gasteiger partial charge in [0, 0.05) is 6.42 Å². The van der Waals surface area contributed by atoms with Crippen LogP contribution in [0.5, 0.6) is 0 Å². The predicted molar refractivity (Wildman–Crippen MR) is 221 cm³/mol. The van der Waals surface area contributed by atoms with Crippen molar-refractivity contribution in [2.45, 2.75) is 219 Å². The highest BCUT2D eigenvalue weighted by Crippen LogP contribution is 2.13. The SMILES string of the molecule is CCCCCCC/C=C\C/C=C\C/C=C\CCCCCCCCCCCCC(=O)NC(CO)C(O)/C=C/CC/C=C/CCCCCCCCC. The van der Waals surface area contributed by atoms with E-state index in [1.165, 1.54) is 141 Å². The molecule has 0 aromatic rings. The second-order valence-corrected chi connectivity index (χ2v) is 14.4. The number of aliphatic hydroxyl groups is 2. The molecule has 290 valence electrons.